The van der Waals surface area contributed by atoms with Gasteiger partial charge in [0, 0.05) is 56.2 Å². The molecule has 0 radical (unpaired) electrons. The fourth-order valence-electron chi connectivity index (χ4n) is 3.57. The first-order chi connectivity index (χ1) is 13.6. The largest absolute Gasteiger partial charge is 0.496 e. The molecule has 1 aliphatic rings. The highest BCUT2D eigenvalue weighted by Gasteiger charge is 2.17. The monoisotopic (exact) mass is 384 g/mol. The normalized spacial score (nSPS) is 16.9. The Labute approximate surface area is 167 Å². The van der Waals surface area contributed by atoms with E-state index in [1.165, 1.54) is 19.5 Å². The van der Waals surface area contributed by atoms with Crippen molar-refractivity contribution in [3.8, 4) is 5.75 Å². The lowest BCUT2D eigenvalue weighted by atomic mass is 10.1. The Morgan fingerprint density at radius 2 is 2.11 bits per heavy atom. The average Bonchev–Trinajstić information content (AvgIpc) is 3.10. The quantitative estimate of drug-likeness (QED) is 0.574. The molecule has 0 bridgehead atoms. The Kier molecular flexibility index (Phi) is 7.06. The van der Waals surface area contributed by atoms with E-state index >= 15 is 0 Å². The third kappa shape index (κ3) is 5.56. The van der Waals surface area contributed by atoms with Gasteiger partial charge in [-0.05, 0) is 44.0 Å². The summed E-state index contributed by atoms with van der Waals surface area (Å²) in [7, 11) is 3.56. The van der Waals surface area contributed by atoms with Crippen molar-refractivity contribution in [2.24, 2.45) is 5.92 Å². The van der Waals surface area contributed by atoms with Gasteiger partial charge in [-0.25, -0.2) is 4.98 Å². The summed E-state index contributed by atoms with van der Waals surface area (Å²) in [6.45, 7) is 9.55. The second kappa shape index (κ2) is 9.71. The number of ether oxygens (including phenoxy) is 1. The molecule has 7 heteroatoms. The van der Waals surface area contributed by atoms with Crippen LogP contribution in [0.2, 0.25) is 0 Å². The molecule has 3 rings (SSSR count). The molecule has 2 heterocycles. The standard InChI is InChI=1S/C21H32N6O/c1-15-7-9-27(14-15)10-8-23-13-17-12-18(5-6-19(17)28-4)25-21-24-16(2)11-20(22-3)26-21/h5-6,11-12,15,23H,7-10,13-14H2,1-4H3,(H2,22,24,25,26)/t15-/m0/s1. The summed E-state index contributed by atoms with van der Waals surface area (Å²) in [6.07, 6.45) is 1.32. The number of methoxy groups -OCH3 is 1. The minimum atomic E-state index is 0.580. The highest BCUT2D eigenvalue weighted by Crippen LogP contribution is 2.24. The Hall–Kier alpha value is -2.38. The van der Waals surface area contributed by atoms with Crippen LogP contribution in [-0.2, 0) is 6.54 Å². The molecule has 1 atom stereocenters. The zero-order valence-corrected chi connectivity index (χ0v) is 17.4. The SMILES string of the molecule is CNc1cc(C)nc(Nc2ccc(OC)c(CNCCN3CC[C@H](C)C3)c2)n1. The first-order valence-electron chi connectivity index (χ1n) is 9.98. The first kappa shape index (κ1) is 20.4. The highest BCUT2D eigenvalue weighted by molar-refractivity contribution is 5.58. The number of hydrogen-bond donors (Lipinski definition) is 3. The van der Waals surface area contributed by atoms with Gasteiger partial charge in [0.15, 0.2) is 0 Å². The smallest absolute Gasteiger partial charge is 0.229 e. The molecular formula is C21H32N6O. The molecule has 3 N–H and O–H groups in total. The lowest BCUT2D eigenvalue weighted by Crippen LogP contribution is -2.30. The summed E-state index contributed by atoms with van der Waals surface area (Å²) in [5, 5.41) is 9.90. The molecule has 0 amide bonds. The van der Waals surface area contributed by atoms with Gasteiger partial charge in [-0.15, -0.1) is 0 Å². The van der Waals surface area contributed by atoms with Crippen LogP contribution in [0.25, 0.3) is 0 Å². The van der Waals surface area contributed by atoms with Crippen molar-refractivity contribution in [1.82, 2.24) is 20.2 Å². The lowest BCUT2D eigenvalue weighted by Gasteiger charge is -2.16. The third-order valence-corrected chi connectivity index (χ3v) is 5.08. The molecule has 1 fully saturated rings. The van der Waals surface area contributed by atoms with Gasteiger partial charge in [-0.1, -0.05) is 6.92 Å². The van der Waals surface area contributed by atoms with Gasteiger partial charge < -0.3 is 25.6 Å². The fourth-order valence-corrected chi connectivity index (χ4v) is 3.57. The van der Waals surface area contributed by atoms with E-state index in [0.717, 1.165) is 54.1 Å². The van der Waals surface area contributed by atoms with Crippen LogP contribution < -0.4 is 20.7 Å². The van der Waals surface area contributed by atoms with E-state index in [-0.39, 0.29) is 0 Å². The van der Waals surface area contributed by atoms with E-state index in [2.05, 4.69) is 43.8 Å². The number of anilines is 3. The maximum atomic E-state index is 5.53. The van der Waals surface area contributed by atoms with E-state index in [9.17, 15) is 0 Å². The topological polar surface area (TPSA) is 74.3 Å². The molecular weight excluding hydrogens is 352 g/mol. The van der Waals surface area contributed by atoms with Gasteiger partial charge >= 0.3 is 0 Å². The van der Waals surface area contributed by atoms with E-state index < -0.39 is 0 Å². The molecule has 2 aromatic rings. The van der Waals surface area contributed by atoms with Crippen LogP contribution in [0.5, 0.6) is 5.75 Å². The Bertz CT molecular complexity index is 781. The van der Waals surface area contributed by atoms with Crippen molar-refractivity contribution in [3.63, 3.8) is 0 Å². The summed E-state index contributed by atoms with van der Waals surface area (Å²) >= 11 is 0. The number of nitrogens with zero attached hydrogens (tertiary/aromatic N) is 3. The van der Waals surface area contributed by atoms with Crippen molar-refractivity contribution >= 4 is 17.5 Å². The number of aryl methyl sites for hydroxylation is 1. The average molecular weight is 385 g/mol. The molecule has 7 nitrogen and oxygen atoms in total. The molecule has 0 unspecified atom stereocenters. The number of nitrogens with one attached hydrogen (secondary N) is 3. The number of aromatic nitrogens is 2. The summed E-state index contributed by atoms with van der Waals surface area (Å²) in [6, 6.07) is 7.97. The Morgan fingerprint density at radius 3 is 2.82 bits per heavy atom. The van der Waals surface area contributed by atoms with Gasteiger partial charge in [-0.3, -0.25) is 0 Å². The van der Waals surface area contributed by atoms with Crippen molar-refractivity contribution in [1.29, 1.82) is 0 Å². The summed E-state index contributed by atoms with van der Waals surface area (Å²) in [4.78, 5) is 11.4. The minimum absolute atomic E-state index is 0.580. The zero-order valence-electron chi connectivity index (χ0n) is 17.4. The minimum Gasteiger partial charge on any atom is -0.496 e. The predicted molar refractivity (Wildman–Crippen MR) is 115 cm³/mol. The van der Waals surface area contributed by atoms with Crippen LogP contribution in [0, 0.1) is 12.8 Å². The van der Waals surface area contributed by atoms with Crippen LogP contribution in [-0.4, -0.2) is 55.2 Å². The van der Waals surface area contributed by atoms with Gasteiger partial charge in [0.05, 0.1) is 7.11 Å². The summed E-state index contributed by atoms with van der Waals surface area (Å²) in [5.74, 6) is 3.09. The van der Waals surface area contributed by atoms with Crippen LogP contribution >= 0.6 is 0 Å². The molecule has 0 saturated carbocycles. The van der Waals surface area contributed by atoms with Crippen LogP contribution in [0.1, 0.15) is 24.6 Å². The van der Waals surface area contributed by atoms with Crippen LogP contribution in [0.15, 0.2) is 24.3 Å². The third-order valence-electron chi connectivity index (χ3n) is 5.08. The first-order valence-corrected chi connectivity index (χ1v) is 9.98. The summed E-state index contributed by atoms with van der Waals surface area (Å²) < 4.78 is 5.53. The van der Waals surface area contributed by atoms with Gasteiger partial charge in [0.1, 0.15) is 11.6 Å². The van der Waals surface area contributed by atoms with E-state index in [1.807, 2.05) is 32.2 Å². The number of benzene rings is 1. The van der Waals surface area contributed by atoms with Crippen LogP contribution in [0.4, 0.5) is 17.5 Å². The summed E-state index contributed by atoms with van der Waals surface area (Å²) in [5.41, 5.74) is 2.97. The van der Waals surface area contributed by atoms with Gasteiger partial charge in [0.2, 0.25) is 5.95 Å². The van der Waals surface area contributed by atoms with Crippen molar-refractivity contribution in [3.05, 3.63) is 35.5 Å². The number of likely N-dealkylation sites (tertiary alicyclic amines) is 1. The number of rotatable bonds is 9. The second-order valence-electron chi connectivity index (χ2n) is 7.49. The molecule has 1 aromatic carbocycles. The molecule has 1 aromatic heterocycles. The van der Waals surface area contributed by atoms with E-state index in [0.29, 0.717) is 5.95 Å². The Balaban J connectivity index is 1.60. The maximum absolute atomic E-state index is 5.53. The Morgan fingerprint density at radius 1 is 1.25 bits per heavy atom. The molecule has 28 heavy (non-hydrogen) atoms. The van der Waals surface area contributed by atoms with E-state index in [4.69, 9.17) is 4.74 Å². The zero-order chi connectivity index (χ0) is 19.9. The molecule has 0 aliphatic carbocycles. The highest BCUT2D eigenvalue weighted by atomic mass is 16.5. The van der Waals surface area contributed by atoms with Crippen molar-refractivity contribution in [2.45, 2.75) is 26.8 Å². The molecule has 1 aliphatic heterocycles. The second-order valence-corrected chi connectivity index (χ2v) is 7.49. The molecule has 1 saturated heterocycles. The molecule has 152 valence electrons. The van der Waals surface area contributed by atoms with Gasteiger partial charge in [-0.2, -0.15) is 4.98 Å². The fraction of sp³-hybridized carbons (Fsp3) is 0.524. The van der Waals surface area contributed by atoms with Crippen molar-refractivity contribution in [2.75, 3.05) is 51.0 Å². The lowest BCUT2D eigenvalue weighted by molar-refractivity contribution is 0.324. The van der Waals surface area contributed by atoms with Gasteiger partial charge in [0.25, 0.3) is 0 Å². The van der Waals surface area contributed by atoms with Crippen LogP contribution in [0.3, 0.4) is 0 Å². The number of hydrogen-bond acceptors (Lipinski definition) is 7. The molecule has 0 spiro atoms. The predicted octanol–water partition coefficient (Wildman–Crippen LogP) is 3.01. The van der Waals surface area contributed by atoms with Crippen molar-refractivity contribution < 1.29 is 4.74 Å². The van der Waals surface area contributed by atoms with E-state index in [1.54, 1.807) is 7.11 Å². The maximum Gasteiger partial charge on any atom is 0.229 e.